The first kappa shape index (κ1) is 17.6. The summed E-state index contributed by atoms with van der Waals surface area (Å²) in [7, 11) is -6.92. The lowest BCUT2D eigenvalue weighted by atomic mass is 10.2. The van der Waals surface area contributed by atoms with E-state index in [9.17, 15) is 16.8 Å². The molecule has 1 aliphatic rings. The number of sulfone groups is 1. The first-order valence-electron chi connectivity index (χ1n) is 7.59. The third-order valence-corrected chi connectivity index (χ3v) is 8.66. The van der Waals surface area contributed by atoms with Crippen LogP contribution >= 0.6 is 11.3 Å². The molecule has 1 aromatic carbocycles. The smallest absolute Gasteiger partial charge is 0.229 e. The molecule has 1 atom stereocenters. The van der Waals surface area contributed by atoms with Crippen molar-refractivity contribution in [3.8, 4) is 0 Å². The Balaban J connectivity index is 1.98. The van der Waals surface area contributed by atoms with E-state index < -0.39 is 25.9 Å². The molecule has 130 valence electrons. The summed E-state index contributed by atoms with van der Waals surface area (Å²) in [5, 5.41) is 1.89. The van der Waals surface area contributed by atoms with Gasteiger partial charge in [0.05, 0.1) is 16.4 Å². The number of thiophene rings is 1. The van der Waals surface area contributed by atoms with Gasteiger partial charge in [0.1, 0.15) is 0 Å². The normalized spacial score (nSPS) is 20.5. The highest BCUT2D eigenvalue weighted by molar-refractivity contribution is 7.92. The Kier molecular flexibility index (Phi) is 4.83. The Morgan fingerprint density at radius 3 is 2.46 bits per heavy atom. The van der Waals surface area contributed by atoms with Gasteiger partial charge in [0.25, 0.3) is 0 Å². The van der Waals surface area contributed by atoms with Crippen LogP contribution in [0.3, 0.4) is 0 Å². The number of hydrogen-bond acceptors (Lipinski definition) is 5. The van der Waals surface area contributed by atoms with E-state index in [2.05, 4.69) is 0 Å². The molecule has 0 bridgehead atoms. The van der Waals surface area contributed by atoms with Crippen LogP contribution in [0.2, 0.25) is 0 Å². The number of benzene rings is 1. The molecule has 2 aromatic rings. The van der Waals surface area contributed by atoms with Gasteiger partial charge in [-0.3, -0.25) is 0 Å². The number of sulfonamides is 1. The van der Waals surface area contributed by atoms with Crippen LogP contribution in [-0.2, 0) is 26.4 Å². The zero-order valence-corrected chi connectivity index (χ0v) is 15.7. The summed E-state index contributed by atoms with van der Waals surface area (Å²) in [5.74, 6) is -0.0640. The molecule has 3 rings (SSSR count). The van der Waals surface area contributed by atoms with Gasteiger partial charge in [0.2, 0.25) is 10.0 Å². The van der Waals surface area contributed by atoms with E-state index >= 15 is 0 Å². The Labute approximate surface area is 146 Å². The van der Waals surface area contributed by atoms with Gasteiger partial charge in [-0.05, 0) is 36.9 Å². The lowest BCUT2D eigenvalue weighted by molar-refractivity contribution is 0.336. The average Bonchev–Trinajstić information content (AvgIpc) is 3.14. The quantitative estimate of drug-likeness (QED) is 0.792. The van der Waals surface area contributed by atoms with Gasteiger partial charge in [0.15, 0.2) is 9.84 Å². The zero-order valence-electron chi connectivity index (χ0n) is 13.3. The molecule has 0 amide bonds. The van der Waals surface area contributed by atoms with Crippen molar-refractivity contribution in [3.63, 3.8) is 0 Å². The minimum atomic E-state index is -3.75. The van der Waals surface area contributed by atoms with Crippen molar-refractivity contribution in [1.82, 2.24) is 4.31 Å². The molecule has 24 heavy (non-hydrogen) atoms. The highest BCUT2D eigenvalue weighted by Gasteiger charge is 2.38. The van der Waals surface area contributed by atoms with E-state index in [-0.39, 0.29) is 22.9 Å². The molecule has 0 radical (unpaired) electrons. The van der Waals surface area contributed by atoms with Gasteiger partial charge in [-0.1, -0.05) is 23.8 Å². The van der Waals surface area contributed by atoms with E-state index in [4.69, 9.17) is 0 Å². The second-order valence-electron chi connectivity index (χ2n) is 6.00. The highest BCUT2D eigenvalue weighted by atomic mass is 32.2. The molecule has 0 unspecified atom stereocenters. The van der Waals surface area contributed by atoms with E-state index in [1.54, 1.807) is 24.3 Å². The summed E-state index contributed by atoms with van der Waals surface area (Å²) in [6.07, 6.45) is 0.346. The third-order valence-electron chi connectivity index (χ3n) is 4.14. The summed E-state index contributed by atoms with van der Waals surface area (Å²) in [5.41, 5.74) is 0.974. The van der Waals surface area contributed by atoms with Crippen molar-refractivity contribution < 1.29 is 16.8 Å². The van der Waals surface area contributed by atoms with Crippen molar-refractivity contribution in [3.05, 3.63) is 52.2 Å². The SMILES string of the molecule is Cc1ccc(S(=O)(=O)N(Cc2cccs2)[C@H]2CCS(=O)(=O)C2)cc1. The number of aryl methyl sites for hydroxylation is 1. The van der Waals surface area contributed by atoms with Crippen LogP contribution in [0, 0.1) is 6.92 Å². The Morgan fingerprint density at radius 2 is 1.92 bits per heavy atom. The number of rotatable bonds is 5. The minimum Gasteiger partial charge on any atom is -0.229 e. The van der Waals surface area contributed by atoms with Crippen LogP contribution in [0.4, 0.5) is 0 Å². The van der Waals surface area contributed by atoms with Gasteiger partial charge < -0.3 is 0 Å². The molecule has 1 fully saturated rings. The van der Waals surface area contributed by atoms with Crippen molar-refractivity contribution >= 4 is 31.2 Å². The maximum Gasteiger partial charge on any atom is 0.243 e. The van der Waals surface area contributed by atoms with Crippen LogP contribution in [0.1, 0.15) is 16.9 Å². The molecule has 1 aromatic heterocycles. The molecule has 5 nitrogen and oxygen atoms in total. The fourth-order valence-electron chi connectivity index (χ4n) is 2.81. The predicted molar refractivity (Wildman–Crippen MR) is 95.3 cm³/mol. The highest BCUT2D eigenvalue weighted by Crippen LogP contribution is 2.28. The largest absolute Gasteiger partial charge is 0.243 e. The number of hydrogen-bond donors (Lipinski definition) is 0. The summed E-state index contributed by atoms with van der Waals surface area (Å²) in [4.78, 5) is 1.10. The van der Waals surface area contributed by atoms with Gasteiger partial charge in [-0.15, -0.1) is 11.3 Å². The van der Waals surface area contributed by atoms with Crippen molar-refractivity contribution in [2.45, 2.75) is 30.8 Å². The fraction of sp³-hybridized carbons (Fsp3) is 0.375. The lowest BCUT2D eigenvalue weighted by Gasteiger charge is -2.27. The van der Waals surface area contributed by atoms with Crippen molar-refractivity contribution in [2.75, 3.05) is 11.5 Å². The van der Waals surface area contributed by atoms with E-state index in [0.717, 1.165) is 10.4 Å². The van der Waals surface area contributed by atoms with Gasteiger partial charge in [-0.2, -0.15) is 4.31 Å². The molecule has 1 saturated heterocycles. The standard InChI is InChI=1S/C16H19NO4S3/c1-13-4-6-16(7-5-13)24(20,21)17(11-15-3-2-9-22-15)14-8-10-23(18,19)12-14/h2-7,9,14H,8,10-12H2,1H3/t14-/m0/s1. The van der Waals surface area contributed by atoms with Crippen LogP contribution in [-0.4, -0.2) is 38.7 Å². The third kappa shape index (κ3) is 3.72. The molecular weight excluding hydrogens is 366 g/mol. The molecule has 0 N–H and O–H groups in total. The summed E-state index contributed by atoms with van der Waals surface area (Å²) >= 11 is 1.47. The summed E-state index contributed by atoms with van der Waals surface area (Å²) in [6, 6.07) is 9.88. The van der Waals surface area contributed by atoms with Crippen molar-refractivity contribution in [1.29, 1.82) is 0 Å². The van der Waals surface area contributed by atoms with Crippen LogP contribution < -0.4 is 0 Å². The maximum absolute atomic E-state index is 13.1. The number of nitrogens with zero attached hydrogens (tertiary/aromatic N) is 1. The molecule has 2 heterocycles. The molecular formula is C16H19NO4S3. The van der Waals surface area contributed by atoms with Crippen LogP contribution in [0.15, 0.2) is 46.7 Å². The molecule has 0 saturated carbocycles. The predicted octanol–water partition coefficient (Wildman–Crippen LogP) is 2.43. The van der Waals surface area contributed by atoms with Gasteiger partial charge >= 0.3 is 0 Å². The van der Waals surface area contributed by atoms with Crippen molar-refractivity contribution in [2.24, 2.45) is 0 Å². The first-order valence-corrected chi connectivity index (χ1v) is 11.7. The van der Waals surface area contributed by atoms with Gasteiger partial charge in [-0.25, -0.2) is 16.8 Å². The second-order valence-corrected chi connectivity index (χ2v) is 11.2. The average molecular weight is 386 g/mol. The van der Waals surface area contributed by atoms with E-state index in [1.807, 2.05) is 24.4 Å². The molecule has 0 aliphatic carbocycles. The van der Waals surface area contributed by atoms with Gasteiger partial charge in [0, 0.05) is 17.5 Å². The Bertz CT molecular complexity index is 901. The van der Waals surface area contributed by atoms with E-state index in [0.29, 0.717) is 6.42 Å². The molecule has 8 heteroatoms. The zero-order chi connectivity index (χ0) is 17.4. The Morgan fingerprint density at radius 1 is 1.21 bits per heavy atom. The van der Waals surface area contributed by atoms with Crippen LogP contribution in [0.5, 0.6) is 0 Å². The summed E-state index contributed by atoms with van der Waals surface area (Å²) < 4.78 is 51.2. The van der Waals surface area contributed by atoms with Crippen LogP contribution in [0.25, 0.3) is 0 Å². The van der Waals surface area contributed by atoms with E-state index in [1.165, 1.54) is 15.6 Å². The monoisotopic (exact) mass is 385 g/mol. The molecule has 0 spiro atoms. The lowest BCUT2D eigenvalue weighted by Crippen LogP contribution is -2.40. The maximum atomic E-state index is 13.1. The Hall–Kier alpha value is -1.22. The molecule has 1 aliphatic heterocycles. The first-order chi connectivity index (χ1) is 11.3. The minimum absolute atomic E-state index is 0.0437. The second kappa shape index (κ2) is 6.59. The fourth-order valence-corrected chi connectivity index (χ4v) is 7.06. The topological polar surface area (TPSA) is 71.5 Å². The summed E-state index contributed by atoms with van der Waals surface area (Å²) in [6.45, 7) is 2.09.